The second-order valence-corrected chi connectivity index (χ2v) is 15.8. The predicted molar refractivity (Wildman–Crippen MR) is 226 cm³/mol. The van der Waals surface area contributed by atoms with Crippen molar-refractivity contribution in [3.05, 3.63) is 102 Å². The Morgan fingerprint density at radius 1 is 0.607 bits per heavy atom. The van der Waals surface area contributed by atoms with Gasteiger partial charge in [0.05, 0.1) is 44.2 Å². The van der Waals surface area contributed by atoms with Crippen LogP contribution in [-0.2, 0) is 52.9 Å². The third-order valence-corrected chi connectivity index (χ3v) is 9.82. The topological polar surface area (TPSA) is 242 Å². The quantitative estimate of drug-likeness (QED) is 0.0646. The number of phenols is 1. The van der Waals surface area contributed by atoms with Crippen molar-refractivity contribution in [3.63, 3.8) is 0 Å². The van der Waals surface area contributed by atoms with Crippen LogP contribution in [-0.4, -0.2) is 101 Å². The van der Waals surface area contributed by atoms with E-state index < -0.39 is 90.4 Å². The van der Waals surface area contributed by atoms with Crippen molar-refractivity contribution in [2.24, 2.45) is 11.8 Å². The lowest BCUT2D eigenvalue weighted by molar-refractivity contribution is -0.144. The van der Waals surface area contributed by atoms with Crippen molar-refractivity contribution in [1.29, 1.82) is 0 Å². The van der Waals surface area contributed by atoms with Crippen LogP contribution in [0.5, 0.6) is 5.75 Å². The summed E-state index contributed by atoms with van der Waals surface area (Å²) in [6.45, 7) is 8.59. The molecule has 0 aromatic heterocycles. The summed E-state index contributed by atoms with van der Waals surface area (Å²) >= 11 is 0. The molecule has 0 aliphatic rings. The van der Waals surface area contributed by atoms with E-state index >= 15 is 0 Å². The molecule has 8 N–H and O–H groups in total. The number of methoxy groups -OCH3 is 1. The van der Waals surface area contributed by atoms with Gasteiger partial charge in [-0.25, -0.2) is 4.79 Å². The fourth-order valence-electron chi connectivity index (χ4n) is 6.42. The molecule has 16 heteroatoms. The van der Waals surface area contributed by atoms with E-state index in [1.807, 2.05) is 19.9 Å². The number of alkyl carbamates (subject to hydrolysis) is 1. The maximum absolute atomic E-state index is 14.0. The molecule has 0 bridgehead atoms. The van der Waals surface area contributed by atoms with Gasteiger partial charge in [0, 0.05) is 6.42 Å². The van der Waals surface area contributed by atoms with Crippen molar-refractivity contribution in [2.75, 3.05) is 7.11 Å². The first-order valence-corrected chi connectivity index (χ1v) is 20.4. The molecular formula is C45H61N5O11. The second kappa shape index (κ2) is 24.9. The molecule has 3 unspecified atom stereocenters. The number of amides is 5. The molecule has 0 radical (unpaired) electrons. The molecule has 0 saturated carbocycles. The van der Waals surface area contributed by atoms with Crippen LogP contribution in [0.25, 0.3) is 0 Å². The Morgan fingerprint density at radius 2 is 1.16 bits per heavy atom. The van der Waals surface area contributed by atoms with Gasteiger partial charge in [0.15, 0.2) is 0 Å². The Kier molecular flexibility index (Phi) is 20.2. The average molecular weight is 848 g/mol. The number of rotatable bonds is 23. The Balaban J connectivity index is 1.74. The highest BCUT2D eigenvalue weighted by Crippen LogP contribution is 2.16. The van der Waals surface area contributed by atoms with Gasteiger partial charge in [0.25, 0.3) is 0 Å². The highest BCUT2D eigenvalue weighted by atomic mass is 16.5. The van der Waals surface area contributed by atoms with Crippen LogP contribution < -0.4 is 26.6 Å². The first-order valence-electron chi connectivity index (χ1n) is 20.4. The number of aliphatic hydroxyl groups excluding tert-OH is 2. The summed E-state index contributed by atoms with van der Waals surface area (Å²) in [6.07, 6.45) is -3.96. The molecule has 0 spiro atoms. The summed E-state index contributed by atoms with van der Waals surface area (Å²) in [4.78, 5) is 79.0. The predicted octanol–water partition coefficient (Wildman–Crippen LogP) is 2.81. The van der Waals surface area contributed by atoms with Gasteiger partial charge in [-0.2, -0.15) is 0 Å². The van der Waals surface area contributed by atoms with E-state index in [1.54, 1.807) is 80.6 Å². The number of phenolic OH excluding ortho intramolecular Hbond substituents is 1. The molecule has 5 amide bonds. The number of hydrogen-bond acceptors (Lipinski definition) is 11. The van der Waals surface area contributed by atoms with Gasteiger partial charge in [-0.3, -0.25) is 24.0 Å². The van der Waals surface area contributed by atoms with Crippen molar-refractivity contribution in [2.45, 2.75) is 116 Å². The Hall–Kier alpha value is -6.00. The smallest absolute Gasteiger partial charge is 0.408 e. The summed E-state index contributed by atoms with van der Waals surface area (Å²) in [7, 11) is 1.19. The number of esters is 1. The molecule has 0 fully saturated rings. The zero-order valence-corrected chi connectivity index (χ0v) is 35.6. The lowest BCUT2D eigenvalue weighted by atomic mass is 9.96. The molecule has 0 heterocycles. The Labute approximate surface area is 357 Å². The van der Waals surface area contributed by atoms with Gasteiger partial charge in [-0.1, -0.05) is 100 Å². The molecule has 61 heavy (non-hydrogen) atoms. The number of nitrogens with one attached hydrogen (secondary N) is 5. The molecule has 0 aliphatic heterocycles. The summed E-state index contributed by atoms with van der Waals surface area (Å²) in [6, 6.07) is 18.7. The third-order valence-electron chi connectivity index (χ3n) is 9.82. The zero-order valence-electron chi connectivity index (χ0n) is 35.6. The van der Waals surface area contributed by atoms with Crippen LogP contribution in [0.4, 0.5) is 4.79 Å². The molecule has 7 atom stereocenters. The Morgan fingerprint density at radius 3 is 1.74 bits per heavy atom. The van der Waals surface area contributed by atoms with Crippen molar-refractivity contribution in [1.82, 2.24) is 26.6 Å². The number of aliphatic hydroxyl groups is 2. The maximum Gasteiger partial charge on any atom is 0.408 e. The van der Waals surface area contributed by atoms with Crippen LogP contribution >= 0.6 is 0 Å². The number of ether oxygens (including phenoxy) is 2. The summed E-state index contributed by atoms with van der Waals surface area (Å²) in [5.74, 6) is -3.73. The van der Waals surface area contributed by atoms with E-state index in [0.29, 0.717) is 12.0 Å². The minimum absolute atomic E-state index is 0.00760. The first kappa shape index (κ1) is 49.4. The number of hydrogen-bond donors (Lipinski definition) is 8. The van der Waals surface area contributed by atoms with Gasteiger partial charge in [-0.05, 0) is 60.4 Å². The molecular weight excluding hydrogens is 787 g/mol. The van der Waals surface area contributed by atoms with Crippen LogP contribution in [0.1, 0.15) is 70.6 Å². The molecule has 0 saturated heterocycles. The van der Waals surface area contributed by atoms with E-state index in [9.17, 15) is 44.1 Å². The third kappa shape index (κ3) is 17.6. The van der Waals surface area contributed by atoms with E-state index in [-0.39, 0.29) is 37.5 Å². The molecule has 3 aromatic rings. The second-order valence-electron chi connectivity index (χ2n) is 15.8. The summed E-state index contributed by atoms with van der Waals surface area (Å²) in [5.41, 5.74) is 2.08. The normalized spacial score (nSPS) is 14.6. The van der Waals surface area contributed by atoms with E-state index in [1.165, 1.54) is 26.2 Å². The lowest BCUT2D eigenvalue weighted by Gasteiger charge is -2.30. The Bertz CT molecular complexity index is 1860. The van der Waals surface area contributed by atoms with E-state index in [2.05, 4.69) is 31.3 Å². The van der Waals surface area contributed by atoms with Gasteiger partial charge >= 0.3 is 12.1 Å². The number of carbonyl (C=O) groups excluding carboxylic acids is 6. The minimum atomic E-state index is -1.46. The fourth-order valence-corrected chi connectivity index (χ4v) is 6.42. The largest absolute Gasteiger partial charge is 0.508 e. The maximum atomic E-state index is 14.0. The van der Waals surface area contributed by atoms with Gasteiger partial charge in [0.1, 0.15) is 30.5 Å². The van der Waals surface area contributed by atoms with Crippen LogP contribution in [0.3, 0.4) is 0 Å². The molecule has 332 valence electrons. The standard InChI is InChI=1S/C45H61N5O11/c1-27(2)21-34(38(53)25-40(55)60-6)47-42(56)29(5)46-39(54)24-37(52)35(22-30-13-9-7-10-14-30)48-44(58)41(28(3)4)50-43(57)36(23-31-17-19-33(51)20-18-31)49-45(59)61-26-32-15-11-8-12-16-32/h7-20,27-29,34-38,41,51-53H,21-26H2,1-6H3,(H,46,54)(H,47,56)(H,48,58)(H,49,59)(H,50,57)/t29-,34?,35?,36-,37?,38-,41-/m0/s1. The van der Waals surface area contributed by atoms with E-state index in [4.69, 9.17) is 4.74 Å². The van der Waals surface area contributed by atoms with Crippen molar-refractivity contribution >= 4 is 35.7 Å². The molecule has 3 aromatic carbocycles. The fraction of sp³-hybridized carbons (Fsp3) is 0.467. The van der Waals surface area contributed by atoms with Crippen LogP contribution in [0.2, 0.25) is 0 Å². The SMILES string of the molecule is COC(=O)C[C@H](O)C(CC(C)C)NC(=O)[C@H](C)NC(=O)CC(O)C(Cc1ccccc1)NC(=O)[C@@H](NC(=O)[C@H](Cc1ccc(O)cc1)NC(=O)OCc1ccccc1)C(C)C. The van der Waals surface area contributed by atoms with Gasteiger partial charge in [0.2, 0.25) is 23.6 Å². The molecule has 3 rings (SSSR count). The van der Waals surface area contributed by atoms with Crippen LogP contribution in [0, 0.1) is 11.8 Å². The summed E-state index contributed by atoms with van der Waals surface area (Å²) < 4.78 is 10.0. The van der Waals surface area contributed by atoms with Crippen molar-refractivity contribution in [3.8, 4) is 5.75 Å². The highest BCUT2D eigenvalue weighted by molar-refractivity contribution is 5.92. The summed E-state index contributed by atoms with van der Waals surface area (Å²) in [5, 5.41) is 45.3. The lowest BCUT2D eigenvalue weighted by Crippen LogP contribution is -2.58. The number of aromatic hydroxyl groups is 1. The van der Waals surface area contributed by atoms with Gasteiger partial charge < -0.3 is 51.4 Å². The van der Waals surface area contributed by atoms with Crippen LogP contribution in [0.15, 0.2) is 84.9 Å². The zero-order chi connectivity index (χ0) is 45.1. The highest BCUT2D eigenvalue weighted by Gasteiger charge is 2.33. The monoisotopic (exact) mass is 847 g/mol. The number of carbonyl (C=O) groups is 6. The number of benzene rings is 3. The molecule has 16 nitrogen and oxygen atoms in total. The van der Waals surface area contributed by atoms with E-state index in [0.717, 1.165) is 11.1 Å². The average Bonchev–Trinajstić information content (AvgIpc) is 3.22. The first-order chi connectivity index (χ1) is 28.9. The molecule has 0 aliphatic carbocycles. The van der Waals surface area contributed by atoms with Gasteiger partial charge in [-0.15, -0.1) is 0 Å². The minimum Gasteiger partial charge on any atom is -0.508 e. The van der Waals surface area contributed by atoms with Crippen molar-refractivity contribution < 1.29 is 53.6 Å².